The number of hydrogen-bond donors (Lipinski definition) is 2. The minimum absolute atomic E-state index is 0.615. The quantitative estimate of drug-likeness (QED) is 0.611. The number of ether oxygens (including phenoxy) is 1. The van der Waals surface area contributed by atoms with E-state index in [9.17, 15) is 22.4 Å². The topological polar surface area (TPSA) is 72.6 Å². The zero-order valence-electron chi connectivity index (χ0n) is 7.51. The van der Waals surface area contributed by atoms with Crippen molar-refractivity contribution in [2.24, 2.45) is 0 Å². The van der Waals surface area contributed by atoms with Gasteiger partial charge in [-0.25, -0.2) is 9.18 Å². The van der Waals surface area contributed by atoms with Crippen LogP contribution in [-0.4, -0.2) is 17.4 Å². The summed E-state index contributed by atoms with van der Waals surface area (Å²) >= 11 is 0. The SMILES string of the molecule is Nc1ccc(F)c(C(=O)O)c1OC(F)(F)F. The van der Waals surface area contributed by atoms with Crippen LogP contribution in [0.2, 0.25) is 0 Å². The van der Waals surface area contributed by atoms with Crippen LogP contribution in [0.4, 0.5) is 23.2 Å². The average molecular weight is 239 g/mol. The molecular weight excluding hydrogens is 234 g/mol. The second-order valence-electron chi connectivity index (χ2n) is 2.69. The van der Waals surface area contributed by atoms with Gasteiger partial charge >= 0.3 is 12.3 Å². The van der Waals surface area contributed by atoms with Crippen molar-refractivity contribution >= 4 is 11.7 Å². The zero-order valence-corrected chi connectivity index (χ0v) is 7.51. The highest BCUT2D eigenvalue weighted by atomic mass is 19.4. The molecule has 1 rings (SSSR count). The molecule has 0 amide bonds. The number of rotatable bonds is 2. The first-order chi connectivity index (χ1) is 7.22. The molecule has 16 heavy (non-hydrogen) atoms. The molecule has 0 atom stereocenters. The lowest BCUT2D eigenvalue weighted by Gasteiger charge is -2.13. The van der Waals surface area contributed by atoms with Crippen LogP contribution >= 0.6 is 0 Å². The number of nitrogen functional groups attached to an aromatic ring is 1. The third-order valence-electron chi connectivity index (χ3n) is 1.57. The predicted octanol–water partition coefficient (Wildman–Crippen LogP) is 2.00. The molecular formula is C8H5F4NO3. The van der Waals surface area contributed by atoms with Gasteiger partial charge in [0.05, 0.1) is 5.69 Å². The first-order valence-electron chi connectivity index (χ1n) is 3.79. The molecule has 1 aromatic rings. The molecule has 0 saturated carbocycles. The Bertz CT molecular complexity index is 430. The zero-order chi connectivity index (χ0) is 12.5. The Kier molecular flexibility index (Phi) is 2.92. The molecule has 88 valence electrons. The standard InChI is InChI=1S/C8H5F4NO3/c9-3-1-2-4(13)6(5(3)7(14)15)16-8(10,11)12/h1-2H,13H2,(H,14,15). The van der Waals surface area contributed by atoms with E-state index in [-0.39, 0.29) is 0 Å². The second kappa shape index (κ2) is 3.87. The van der Waals surface area contributed by atoms with E-state index >= 15 is 0 Å². The van der Waals surface area contributed by atoms with E-state index in [1.54, 1.807) is 0 Å². The summed E-state index contributed by atoms with van der Waals surface area (Å²) in [5.74, 6) is -4.51. The Morgan fingerprint density at radius 2 is 1.94 bits per heavy atom. The molecule has 0 aliphatic carbocycles. The number of benzene rings is 1. The maximum atomic E-state index is 13.0. The minimum Gasteiger partial charge on any atom is -0.477 e. The monoisotopic (exact) mass is 239 g/mol. The van der Waals surface area contributed by atoms with Crippen molar-refractivity contribution < 1.29 is 32.2 Å². The molecule has 0 heterocycles. The Balaban J connectivity index is 3.35. The Labute approximate surface area is 86.2 Å². The van der Waals surface area contributed by atoms with Gasteiger partial charge in [0.15, 0.2) is 5.75 Å². The third-order valence-corrected chi connectivity index (χ3v) is 1.57. The number of aromatic carboxylic acids is 1. The van der Waals surface area contributed by atoms with Gasteiger partial charge in [0.25, 0.3) is 0 Å². The number of nitrogens with two attached hydrogens (primary N) is 1. The summed E-state index contributed by atoms with van der Waals surface area (Å²) < 4.78 is 52.0. The van der Waals surface area contributed by atoms with Gasteiger partial charge in [-0.2, -0.15) is 0 Å². The van der Waals surface area contributed by atoms with Crippen LogP contribution in [0.25, 0.3) is 0 Å². The number of alkyl halides is 3. The summed E-state index contributed by atoms with van der Waals surface area (Å²) in [5.41, 5.74) is 3.21. The lowest BCUT2D eigenvalue weighted by molar-refractivity contribution is -0.274. The fourth-order valence-electron chi connectivity index (χ4n) is 1.000. The van der Waals surface area contributed by atoms with Crippen LogP contribution in [0.3, 0.4) is 0 Å². The summed E-state index contributed by atoms with van der Waals surface area (Å²) in [6, 6.07) is 1.42. The normalized spacial score (nSPS) is 11.2. The first-order valence-corrected chi connectivity index (χ1v) is 3.79. The summed E-state index contributed by atoms with van der Waals surface area (Å²) in [5, 5.41) is 8.52. The van der Waals surface area contributed by atoms with Crippen molar-refractivity contribution in [1.29, 1.82) is 0 Å². The molecule has 0 spiro atoms. The van der Waals surface area contributed by atoms with E-state index in [2.05, 4.69) is 4.74 Å². The van der Waals surface area contributed by atoms with E-state index in [0.717, 1.165) is 6.07 Å². The average Bonchev–Trinajstić information content (AvgIpc) is 2.08. The number of hydrogen-bond acceptors (Lipinski definition) is 3. The molecule has 0 unspecified atom stereocenters. The molecule has 0 aromatic heterocycles. The molecule has 8 heteroatoms. The van der Waals surface area contributed by atoms with Gasteiger partial charge in [-0.05, 0) is 12.1 Å². The first kappa shape index (κ1) is 12.1. The highest BCUT2D eigenvalue weighted by Gasteiger charge is 2.35. The van der Waals surface area contributed by atoms with Crippen LogP contribution in [0.1, 0.15) is 10.4 Å². The van der Waals surface area contributed by atoms with Gasteiger partial charge in [0.1, 0.15) is 11.4 Å². The van der Waals surface area contributed by atoms with Crippen molar-refractivity contribution in [3.05, 3.63) is 23.5 Å². The summed E-state index contributed by atoms with van der Waals surface area (Å²) in [4.78, 5) is 10.5. The second-order valence-corrected chi connectivity index (χ2v) is 2.69. The van der Waals surface area contributed by atoms with Crippen LogP contribution in [-0.2, 0) is 0 Å². The third kappa shape index (κ3) is 2.53. The maximum Gasteiger partial charge on any atom is 0.573 e. The predicted molar refractivity (Wildman–Crippen MR) is 44.5 cm³/mol. The lowest BCUT2D eigenvalue weighted by atomic mass is 10.1. The summed E-state index contributed by atoms with van der Waals surface area (Å²) in [6.07, 6.45) is -5.15. The fraction of sp³-hybridized carbons (Fsp3) is 0.125. The minimum atomic E-state index is -5.15. The van der Waals surface area contributed by atoms with Crippen molar-refractivity contribution in [3.63, 3.8) is 0 Å². The van der Waals surface area contributed by atoms with Gasteiger partial charge in [-0.1, -0.05) is 0 Å². The Morgan fingerprint density at radius 3 is 2.38 bits per heavy atom. The molecule has 4 nitrogen and oxygen atoms in total. The van der Waals surface area contributed by atoms with E-state index in [4.69, 9.17) is 10.8 Å². The summed E-state index contributed by atoms with van der Waals surface area (Å²) in [7, 11) is 0. The number of carbonyl (C=O) groups is 1. The van der Waals surface area contributed by atoms with E-state index in [1.807, 2.05) is 0 Å². The fourth-order valence-corrected chi connectivity index (χ4v) is 1.000. The van der Waals surface area contributed by atoms with E-state index < -0.39 is 35.1 Å². The van der Waals surface area contributed by atoms with Crippen molar-refractivity contribution in [2.45, 2.75) is 6.36 Å². The molecule has 0 saturated heterocycles. The van der Waals surface area contributed by atoms with Crippen molar-refractivity contribution in [2.75, 3.05) is 5.73 Å². The molecule has 0 fully saturated rings. The van der Waals surface area contributed by atoms with E-state index in [0.29, 0.717) is 6.07 Å². The highest BCUT2D eigenvalue weighted by Crippen LogP contribution is 2.33. The number of anilines is 1. The number of carboxylic acid groups (broad SMARTS) is 1. The van der Waals surface area contributed by atoms with Crippen LogP contribution < -0.4 is 10.5 Å². The van der Waals surface area contributed by atoms with Gasteiger partial charge < -0.3 is 15.6 Å². The maximum absolute atomic E-state index is 13.0. The number of halogens is 4. The van der Waals surface area contributed by atoms with Crippen LogP contribution in [0, 0.1) is 5.82 Å². The molecule has 0 bridgehead atoms. The largest absolute Gasteiger partial charge is 0.573 e. The van der Waals surface area contributed by atoms with Crippen molar-refractivity contribution in [3.8, 4) is 5.75 Å². The van der Waals surface area contributed by atoms with Crippen molar-refractivity contribution in [1.82, 2.24) is 0 Å². The summed E-state index contributed by atoms with van der Waals surface area (Å²) in [6.45, 7) is 0. The van der Waals surface area contributed by atoms with Gasteiger partial charge in [-0.3, -0.25) is 0 Å². The number of carboxylic acids is 1. The van der Waals surface area contributed by atoms with Crippen LogP contribution in [0.5, 0.6) is 5.75 Å². The van der Waals surface area contributed by atoms with Gasteiger partial charge in [-0.15, -0.1) is 13.2 Å². The molecule has 0 radical (unpaired) electrons. The molecule has 3 N–H and O–H groups in total. The Morgan fingerprint density at radius 1 is 1.38 bits per heavy atom. The van der Waals surface area contributed by atoms with Gasteiger partial charge in [0.2, 0.25) is 0 Å². The molecule has 0 aliphatic heterocycles. The van der Waals surface area contributed by atoms with E-state index in [1.165, 1.54) is 0 Å². The highest BCUT2D eigenvalue weighted by molar-refractivity contribution is 5.93. The Hall–Kier alpha value is -1.99. The molecule has 1 aromatic carbocycles. The van der Waals surface area contributed by atoms with Crippen LogP contribution in [0.15, 0.2) is 12.1 Å². The lowest BCUT2D eigenvalue weighted by Crippen LogP contribution is -2.20. The smallest absolute Gasteiger partial charge is 0.477 e. The van der Waals surface area contributed by atoms with Gasteiger partial charge in [0, 0.05) is 0 Å². The molecule has 0 aliphatic rings.